The van der Waals surface area contributed by atoms with Gasteiger partial charge in [0.25, 0.3) is 0 Å². The van der Waals surface area contributed by atoms with Crippen LogP contribution in [0, 0.1) is 0 Å². The molecule has 1 aromatic heterocycles. The van der Waals surface area contributed by atoms with Crippen LogP contribution in [0.3, 0.4) is 0 Å². The van der Waals surface area contributed by atoms with Crippen LogP contribution in [0.4, 0.5) is 5.69 Å². The van der Waals surface area contributed by atoms with Gasteiger partial charge in [0.1, 0.15) is 0 Å². The molecule has 78 valence electrons. The highest BCUT2D eigenvalue weighted by atomic mass is 16.1. The summed E-state index contributed by atoms with van der Waals surface area (Å²) in [5, 5.41) is 2.80. The number of carbonyl (C=O) groups is 1. The fourth-order valence-corrected chi connectivity index (χ4v) is 1.20. The van der Waals surface area contributed by atoms with Gasteiger partial charge in [0.05, 0.1) is 11.9 Å². The van der Waals surface area contributed by atoms with E-state index in [-0.39, 0.29) is 7.33 Å². The van der Waals surface area contributed by atoms with Crippen LogP contribution in [0.2, 0.25) is 0 Å². The first kappa shape index (κ1) is 10.7. The summed E-state index contributed by atoms with van der Waals surface area (Å²) in [4.78, 5) is 15.3. The molecular formula is C11H18N2O. The van der Waals surface area contributed by atoms with Gasteiger partial charge in [-0.2, -0.15) is 0 Å². The number of carbonyl (C=O) groups excluding carboxylic acids is 1. The Morgan fingerprint density at radius 3 is 3.07 bits per heavy atom. The first-order valence-corrected chi connectivity index (χ1v) is 5.03. The molecule has 0 radical (unpaired) electrons. The predicted octanol–water partition coefficient (Wildman–Crippen LogP) is 2.85. The molecule has 0 saturated carbocycles. The highest BCUT2D eigenvalue weighted by Gasteiger charge is 2.00. The Morgan fingerprint density at radius 2 is 2.43 bits per heavy atom. The van der Waals surface area contributed by atoms with E-state index in [9.17, 15) is 4.79 Å². The van der Waals surface area contributed by atoms with E-state index in [1.165, 1.54) is 0 Å². The molecule has 0 aliphatic rings. The molecule has 1 rings (SSSR count). The van der Waals surface area contributed by atoms with Gasteiger partial charge in [0.2, 0.25) is 5.91 Å². The van der Waals surface area contributed by atoms with Crippen LogP contribution in [0.5, 0.6) is 0 Å². The molecule has 0 unspecified atom stereocenters. The number of nitrogens with zero attached hydrogens (tertiary/aromatic N) is 1. The number of rotatable bonds is 5. The maximum Gasteiger partial charge on any atom is 0.224 e. The highest BCUT2D eigenvalue weighted by Crippen LogP contribution is 2.05. The fourth-order valence-electron chi connectivity index (χ4n) is 1.20. The van der Waals surface area contributed by atoms with Crippen molar-refractivity contribution < 1.29 is 6.22 Å². The van der Waals surface area contributed by atoms with Crippen molar-refractivity contribution in [1.29, 1.82) is 0 Å². The van der Waals surface area contributed by atoms with E-state index in [0.717, 1.165) is 24.9 Å². The monoisotopic (exact) mass is 194 g/mol. The topological polar surface area (TPSA) is 42.0 Å². The Hall–Kier alpha value is -1.38. The van der Waals surface area contributed by atoms with Crippen LogP contribution in [0.1, 0.15) is 34.0 Å². The van der Waals surface area contributed by atoms with Crippen LogP contribution >= 0.6 is 0 Å². The largest absolute Gasteiger partial charge is 0.325 e. The summed E-state index contributed by atoms with van der Waals surface area (Å²) in [5.74, 6) is 0.0754. The van der Waals surface area contributed by atoms with Crippen LogP contribution in [-0.4, -0.2) is 10.9 Å². The first-order chi connectivity index (χ1) is 6.83. The van der Waals surface area contributed by atoms with Crippen LogP contribution < -0.4 is 5.32 Å². The Balaban J connectivity index is 0.00000196. The Morgan fingerprint density at radius 1 is 1.57 bits per heavy atom. The summed E-state index contributed by atoms with van der Waals surface area (Å²) in [6, 6.07) is 3.65. The zero-order chi connectivity index (χ0) is 10.2. The van der Waals surface area contributed by atoms with Crippen LogP contribution in [0.25, 0.3) is 0 Å². The Kier molecular flexibility index (Phi) is 4.69. The third kappa shape index (κ3) is 4.03. The lowest BCUT2D eigenvalue weighted by atomic mass is 10.2. The van der Waals surface area contributed by atoms with Crippen LogP contribution in [-0.2, 0) is 4.79 Å². The van der Waals surface area contributed by atoms with Crippen molar-refractivity contribution in [2.45, 2.75) is 32.6 Å². The van der Waals surface area contributed by atoms with E-state index in [4.69, 9.17) is 0 Å². The maximum atomic E-state index is 11.3. The van der Waals surface area contributed by atoms with E-state index in [1.807, 2.05) is 12.1 Å². The van der Waals surface area contributed by atoms with Gasteiger partial charge in [-0.15, -0.1) is 0 Å². The molecule has 0 aliphatic carbocycles. The maximum absolute atomic E-state index is 11.3. The zero-order valence-corrected chi connectivity index (χ0v) is 8.49. The molecule has 1 heterocycles. The van der Waals surface area contributed by atoms with Gasteiger partial charge in [-0.3, -0.25) is 9.78 Å². The quantitative estimate of drug-likeness (QED) is 0.732. The lowest BCUT2D eigenvalue weighted by molar-refractivity contribution is -0.116. The smallest absolute Gasteiger partial charge is 0.224 e. The molecule has 0 spiro atoms. The number of hydrogen-bond acceptors (Lipinski definition) is 2. The molecule has 0 aliphatic heterocycles. The SMILES string of the molecule is CCCCCC(=O)Nc1cccnc1.[HH]. The lowest BCUT2D eigenvalue weighted by Gasteiger charge is -2.03. The van der Waals surface area contributed by atoms with Gasteiger partial charge in [0.15, 0.2) is 0 Å². The van der Waals surface area contributed by atoms with Crippen molar-refractivity contribution in [1.82, 2.24) is 4.98 Å². The van der Waals surface area contributed by atoms with Gasteiger partial charge < -0.3 is 5.32 Å². The minimum Gasteiger partial charge on any atom is -0.325 e. The van der Waals surface area contributed by atoms with Gasteiger partial charge in [-0.25, -0.2) is 0 Å². The van der Waals surface area contributed by atoms with Gasteiger partial charge in [-0.05, 0) is 18.6 Å². The molecule has 0 saturated heterocycles. The molecule has 0 bridgehead atoms. The Labute approximate surface area is 86.0 Å². The van der Waals surface area contributed by atoms with E-state index in [2.05, 4.69) is 17.2 Å². The van der Waals surface area contributed by atoms with Crippen molar-refractivity contribution in [3.8, 4) is 0 Å². The molecule has 1 N–H and O–H groups in total. The molecule has 1 aromatic rings. The second-order valence-electron chi connectivity index (χ2n) is 3.25. The summed E-state index contributed by atoms with van der Waals surface area (Å²) < 4.78 is 0. The van der Waals surface area contributed by atoms with E-state index in [0.29, 0.717) is 6.42 Å². The van der Waals surface area contributed by atoms with E-state index in [1.54, 1.807) is 12.4 Å². The normalized spacial score (nSPS) is 9.79. The number of anilines is 1. The third-order valence-corrected chi connectivity index (χ3v) is 1.95. The zero-order valence-electron chi connectivity index (χ0n) is 8.49. The van der Waals surface area contributed by atoms with E-state index >= 15 is 0 Å². The first-order valence-electron chi connectivity index (χ1n) is 5.03. The van der Waals surface area contributed by atoms with Crippen molar-refractivity contribution in [2.75, 3.05) is 5.32 Å². The third-order valence-electron chi connectivity index (χ3n) is 1.95. The average Bonchev–Trinajstić information content (AvgIpc) is 2.20. The van der Waals surface area contributed by atoms with Crippen molar-refractivity contribution in [3.05, 3.63) is 24.5 Å². The van der Waals surface area contributed by atoms with Gasteiger partial charge in [-0.1, -0.05) is 19.8 Å². The second kappa shape index (κ2) is 6.13. The minimum atomic E-state index is 0. The highest BCUT2D eigenvalue weighted by molar-refractivity contribution is 5.90. The standard InChI is InChI=1S/C11H16N2O.H2/c1-2-3-4-7-11(14)13-10-6-5-8-12-9-10;/h5-6,8-9H,2-4,7H2,1H3,(H,13,14);1H. The van der Waals surface area contributed by atoms with Crippen molar-refractivity contribution >= 4 is 11.6 Å². The lowest BCUT2D eigenvalue weighted by Crippen LogP contribution is -2.10. The summed E-state index contributed by atoms with van der Waals surface area (Å²) >= 11 is 0. The summed E-state index contributed by atoms with van der Waals surface area (Å²) in [5.41, 5.74) is 0.772. The van der Waals surface area contributed by atoms with Gasteiger partial charge >= 0.3 is 0 Å². The van der Waals surface area contributed by atoms with Gasteiger partial charge in [0, 0.05) is 14.0 Å². The molecule has 14 heavy (non-hydrogen) atoms. The number of hydrogen-bond donors (Lipinski definition) is 1. The number of pyridine rings is 1. The second-order valence-corrected chi connectivity index (χ2v) is 3.25. The van der Waals surface area contributed by atoms with E-state index < -0.39 is 0 Å². The summed E-state index contributed by atoms with van der Waals surface area (Å²) in [7, 11) is 0. The van der Waals surface area contributed by atoms with Crippen molar-refractivity contribution in [3.63, 3.8) is 0 Å². The Bertz CT molecular complexity index is 277. The summed E-state index contributed by atoms with van der Waals surface area (Å²) in [6.45, 7) is 2.12. The molecule has 0 atom stereocenters. The number of aromatic nitrogens is 1. The molecule has 0 fully saturated rings. The average molecular weight is 194 g/mol. The number of unbranched alkanes of at least 4 members (excludes halogenated alkanes) is 2. The molecule has 3 heteroatoms. The molecule has 1 amide bonds. The molecule has 3 nitrogen and oxygen atoms in total. The number of nitrogens with one attached hydrogen (secondary N) is 1. The van der Waals surface area contributed by atoms with Crippen molar-refractivity contribution in [2.24, 2.45) is 0 Å². The fraction of sp³-hybridized carbons (Fsp3) is 0.455. The number of amides is 1. The molecule has 0 aromatic carbocycles. The van der Waals surface area contributed by atoms with Crippen LogP contribution in [0.15, 0.2) is 24.5 Å². The minimum absolute atomic E-state index is 0. The predicted molar refractivity (Wildman–Crippen MR) is 59.1 cm³/mol. The summed E-state index contributed by atoms with van der Waals surface area (Å²) in [6.07, 6.45) is 7.15. The molecular weight excluding hydrogens is 176 g/mol.